The molecule has 1 saturated carbocycles. The molecule has 0 radical (unpaired) electrons. The van der Waals surface area contributed by atoms with Gasteiger partial charge in [0.1, 0.15) is 0 Å². The maximum absolute atomic E-state index is 10.5. The summed E-state index contributed by atoms with van der Waals surface area (Å²) in [7, 11) is -2.51. The van der Waals surface area contributed by atoms with E-state index in [-0.39, 0.29) is 5.41 Å². The van der Waals surface area contributed by atoms with Crippen LogP contribution < -0.4 is 4.72 Å². The van der Waals surface area contributed by atoms with E-state index in [2.05, 4.69) is 25.6 Å². The van der Waals surface area contributed by atoms with Crippen LogP contribution in [0.25, 0.3) is 0 Å². The van der Waals surface area contributed by atoms with E-state index in [0.29, 0.717) is 6.54 Å². The second-order valence-corrected chi connectivity index (χ2v) is 5.48. The van der Waals surface area contributed by atoms with Crippen LogP contribution in [0.5, 0.6) is 0 Å². The lowest BCUT2D eigenvalue weighted by atomic mass is 10.0. The first-order chi connectivity index (χ1) is 7.12. The highest BCUT2D eigenvalue weighted by atomic mass is 79.9. The lowest BCUT2D eigenvalue weighted by molar-refractivity contribution is 0.582. The van der Waals surface area contributed by atoms with Crippen LogP contribution in [0.1, 0.15) is 18.5 Å². The molecular formula is C9H11BrN2O2S. The maximum atomic E-state index is 10.5. The van der Waals surface area contributed by atoms with Crippen molar-refractivity contribution >= 4 is 26.8 Å². The Kier molecular flexibility index (Phi) is 3.08. The van der Waals surface area contributed by atoms with Crippen molar-refractivity contribution in [2.24, 2.45) is 0 Å². The largest absolute Gasteiger partial charge is 0.259 e. The minimum Gasteiger partial charge on any atom is -0.259 e. The van der Waals surface area contributed by atoms with Gasteiger partial charge in [-0.1, -0.05) is 0 Å². The summed E-state index contributed by atoms with van der Waals surface area (Å²) in [6.45, 7) is 0.459. The molecule has 1 aliphatic carbocycles. The van der Waals surface area contributed by atoms with Gasteiger partial charge in [-0.3, -0.25) is 4.98 Å². The molecule has 0 spiro atoms. The Morgan fingerprint density at radius 2 is 2.20 bits per heavy atom. The quantitative estimate of drug-likeness (QED) is 0.813. The van der Waals surface area contributed by atoms with Gasteiger partial charge in [0.05, 0.1) is 0 Å². The molecular weight excluding hydrogens is 280 g/mol. The third-order valence-electron chi connectivity index (χ3n) is 2.67. The van der Waals surface area contributed by atoms with Gasteiger partial charge in [0, 0.05) is 28.3 Å². The molecule has 0 atom stereocenters. The molecule has 4 nitrogen and oxygen atoms in total. The minimum absolute atomic E-state index is 0.0594. The zero-order valence-electron chi connectivity index (χ0n) is 7.94. The van der Waals surface area contributed by atoms with Gasteiger partial charge in [0.25, 0.3) is 0 Å². The molecule has 1 aromatic rings. The Labute approximate surface area is 98.3 Å². The van der Waals surface area contributed by atoms with Gasteiger partial charge in [0.2, 0.25) is 10.9 Å². The molecule has 15 heavy (non-hydrogen) atoms. The summed E-state index contributed by atoms with van der Waals surface area (Å²) in [6, 6.07) is 3.87. The van der Waals surface area contributed by atoms with E-state index in [4.69, 9.17) is 0 Å². The zero-order chi connectivity index (χ0) is 10.9. The smallest absolute Gasteiger partial charge is 0.201 e. The number of hydrogen-bond donors (Lipinski definition) is 2. The first-order valence-corrected chi connectivity index (χ1v) is 6.59. The van der Waals surface area contributed by atoms with Crippen molar-refractivity contribution in [3.8, 4) is 0 Å². The van der Waals surface area contributed by atoms with Crippen molar-refractivity contribution in [2.75, 3.05) is 6.54 Å². The lowest BCUT2D eigenvalue weighted by Gasteiger charge is -2.12. The van der Waals surface area contributed by atoms with E-state index in [1.807, 2.05) is 12.1 Å². The van der Waals surface area contributed by atoms with Gasteiger partial charge in [-0.05, 0) is 40.9 Å². The van der Waals surface area contributed by atoms with E-state index < -0.39 is 10.9 Å². The van der Waals surface area contributed by atoms with E-state index in [1.165, 1.54) is 0 Å². The Hall–Kier alpha value is -0.460. The van der Waals surface area contributed by atoms with Gasteiger partial charge < -0.3 is 0 Å². The Bertz CT molecular complexity index is 418. The molecule has 1 aromatic heterocycles. The minimum atomic E-state index is -2.51. The number of hydrogen-bond acceptors (Lipinski definition) is 3. The Morgan fingerprint density at radius 1 is 1.47 bits per heavy atom. The molecule has 1 heterocycles. The van der Waals surface area contributed by atoms with Gasteiger partial charge in [-0.15, -0.1) is 0 Å². The van der Waals surface area contributed by atoms with E-state index in [0.717, 1.165) is 23.0 Å². The van der Waals surface area contributed by atoms with Gasteiger partial charge >= 0.3 is 0 Å². The summed E-state index contributed by atoms with van der Waals surface area (Å²) < 4.78 is 24.3. The van der Waals surface area contributed by atoms with Crippen LogP contribution in [0, 0.1) is 0 Å². The third kappa shape index (κ3) is 2.56. The van der Waals surface area contributed by atoms with Crippen LogP contribution >= 0.6 is 15.9 Å². The monoisotopic (exact) mass is 290 g/mol. The van der Waals surface area contributed by atoms with Crippen molar-refractivity contribution in [1.29, 1.82) is 0 Å². The first kappa shape index (κ1) is 11.0. The number of halogens is 1. The number of thiol groups is 1. The van der Waals surface area contributed by atoms with Crippen LogP contribution in [0.4, 0.5) is 0 Å². The molecule has 82 valence electrons. The standard InChI is InChI=1S/C9H11BrN2O2S/c10-7-1-2-8(11-5-7)9(3-4-9)6-12-15(13)14/h1-2,5,15H,3-4,6H2,(H,12,13,14). The summed E-state index contributed by atoms with van der Waals surface area (Å²) in [5.74, 6) is 0. The van der Waals surface area contributed by atoms with Crippen molar-refractivity contribution in [1.82, 2.24) is 9.71 Å². The summed E-state index contributed by atoms with van der Waals surface area (Å²) in [5, 5.41) is 0. The molecule has 1 aliphatic rings. The summed E-state index contributed by atoms with van der Waals surface area (Å²) >= 11 is 3.32. The second kappa shape index (κ2) is 4.19. The zero-order valence-corrected chi connectivity index (χ0v) is 10.4. The SMILES string of the molecule is O=[SH](=O)NCC1(c2ccc(Br)cn2)CC1. The summed E-state index contributed by atoms with van der Waals surface area (Å²) in [6.07, 6.45) is 3.74. The van der Waals surface area contributed by atoms with Crippen molar-refractivity contribution in [2.45, 2.75) is 18.3 Å². The molecule has 0 unspecified atom stereocenters. The fourth-order valence-corrected chi connectivity index (χ4v) is 2.25. The van der Waals surface area contributed by atoms with Crippen LogP contribution in [-0.2, 0) is 16.3 Å². The predicted molar refractivity (Wildman–Crippen MR) is 61.2 cm³/mol. The number of nitrogens with one attached hydrogen (secondary N) is 1. The van der Waals surface area contributed by atoms with E-state index in [9.17, 15) is 8.42 Å². The second-order valence-electron chi connectivity index (χ2n) is 3.73. The summed E-state index contributed by atoms with van der Waals surface area (Å²) in [4.78, 5) is 4.31. The number of pyridine rings is 1. The van der Waals surface area contributed by atoms with Gasteiger partial charge in [-0.2, -0.15) is 0 Å². The Balaban J connectivity index is 2.12. The predicted octanol–water partition coefficient (Wildman–Crippen LogP) is 0.992. The van der Waals surface area contributed by atoms with Crippen LogP contribution in [-0.4, -0.2) is 19.9 Å². The average molecular weight is 291 g/mol. The van der Waals surface area contributed by atoms with Gasteiger partial charge in [0.15, 0.2) is 0 Å². The van der Waals surface area contributed by atoms with Crippen LogP contribution in [0.15, 0.2) is 22.8 Å². The molecule has 1 N–H and O–H groups in total. The molecule has 1 fully saturated rings. The first-order valence-electron chi connectivity index (χ1n) is 4.62. The normalized spacial score (nSPS) is 18.0. The highest BCUT2D eigenvalue weighted by Gasteiger charge is 2.45. The molecule has 6 heteroatoms. The molecule has 0 aliphatic heterocycles. The maximum Gasteiger partial charge on any atom is 0.201 e. The topological polar surface area (TPSA) is 59.1 Å². The van der Waals surface area contributed by atoms with E-state index >= 15 is 0 Å². The Morgan fingerprint density at radius 3 is 2.67 bits per heavy atom. The lowest BCUT2D eigenvalue weighted by Crippen LogP contribution is -2.26. The van der Waals surface area contributed by atoms with Crippen molar-refractivity contribution in [3.05, 3.63) is 28.5 Å². The van der Waals surface area contributed by atoms with E-state index in [1.54, 1.807) is 6.20 Å². The fourth-order valence-electron chi connectivity index (χ4n) is 1.58. The van der Waals surface area contributed by atoms with Crippen LogP contribution in [0.3, 0.4) is 0 Å². The highest BCUT2D eigenvalue weighted by Crippen LogP contribution is 2.46. The van der Waals surface area contributed by atoms with Crippen molar-refractivity contribution in [3.63, 3.8) is 0 Å². The van der Waals surface area contributed by atoms with Crippen LogP contribution in [0.2, 0.25) is 0 Å². The number of aromatic nitrogens is 1. The third-order valence-corrected chi connectivity index (χ3v) is 3.56. The number of rotatable bonds is 4. The highest BCUT2D eigenvalue weighted by molar-refractivity contribution is 9.10. The molecule has 0 saturated heterocycles. The molecule has 0 aromatic carbocycles. The van der Waals surface area contributed by atoms with Gasteiger partial charge in [-0.25, -0.2) is 13.1 Å². The number of nitrogens with zero attached hydrogens (tertiary/aromatic N) is 1. The van der Waals surface area contributed by atoms with Crippen molar-refractivity contribution < 1.29 is 8.42 Å². The summed E-state index contributed by atoms with van der Waals surface area (Å²) in [5.41, 5.74) is 0.908. The molecule has 2 rings (SSSR count). The fraction of sp³-hybridized carbons (Fsp3) is 0.444. The molecule has 0 bridgehead atoms. The molecule has 0 amide bonds. The average Bonchev–Trinajstić information content (AvgIpc) is 2.97.